The highest BCUT2D eigenvalue weighted by atomic mass is 16.1. The molecule has 1 amide bonds. The highest BCUT2D eigenvalue weighted by molar-refractivity contribution is 5.78. The van der Waals surface area contributed by atoms with Crippen LogP contribution in [-0.4, -0.2) is 25.0 Å². The fourth-order valence-electron chi connectivity index (χ4n) is 2.43. The molecule has 1 fully saturated rings. The van der Waals surface area contributed by atoms with Crippen molar-refractivity contribution in [3.63, 3.8) is 0 Å². The summed E-state index contributed by atoms with van der Waals surface area (Å²) in [5.41, 5.74) is 0. The lowest BCUT2D eigenvalue weighted by molar-refractivity contribution is -0.121. The van der Waals surface area contributed by atoms with Crippen molar-refractivity contribution in [1.29, 1.82) is 0 Å². The summed E-state index contributed by atoms with van der Waals surface area (Å²) in [5.74, 6) is 0.796. The molecule has 1 saturated carbocycles. The normalized spacial score (nSPS) is 25.1. The molecule has 16 heavy (non-hydrogen) atoms. The van der Waals surface area contributed by atoms with E-state index < -0.39 is 0 Å². The molecule has 0 radical (unpaired) electrons. The molecule has 0 aliphatic heterocycles. The van der Waals surface area contributed by atoms with E-state index in [1.54, 1.807) is 6.08 Å². The van der Waals surface area contributed by atoms with Gasteiger partial charge in [0.05, 0.1) is 6.54 Å². The zero-order valence-corrected chi connectivity index (χ0v) is 10.3. The van der Waals surface area contributed by atoms with Crippen LogP contribution in [0.1, 0.15) is 39.0 Å². The van der Waals surface area contributed by atoms with Gasteiger partial charge in [0.1, 0.15) is 0 Å². The molecular weight excluding hydrogens is 200 g/mol. The third-order valence-corrected chi connectivity index (χ3v) is 3.35. The molecule has 2 unspecified atom stereocenters. The second-order valence-electron chi connectivity index (χ2n) is 4.55. The van der Waals surface area contributed by atoms with Gasteiger partial charge in [-0.1, -0.05) is 32.3 Å². The Morgan fingerprint density at radius 1 is 1.44 bits per heavy atom. The molecule has 3 heteroatoms. The van der Waals surface area contributed by atoms with Gasteiger partial charge >= 0.3 is 0 Å². The van der Waals surface area contributed by atoms with Crippen LogP contribution in [0, 0.1) is 5.92 Å². The fraction of sp³-hybridized carbons (Fsp3) is 0.769. The average molecular weight is 224 g/mol. The third kappa shape index (κ3) is 4.35. The molecule has 92 valence electrons. The fourth-order valence-corrected chi connectivity index (χ4v) is 2.43. The zero-order valence-electron chi connectivity index (χ0n) is 10.3. The molecule has 1 aliphatic carbocycles. The first-order valence-corrected chi connectivity index (χ1v) is 6.39. The Balaban J connectivity index is 2.27. The molecule has 0 saturated heterocycles. The predicted molar refractivity (Wildman–Crippen MR) is 67.2 cm³/mol. The van der Waals surface area contributed by atoms with Crippen LogP contribution in [0.3, 0.4) is 0 Å². The highest BCUT2D eigenvalue weighted by Crippen LogP contribution is 2.26. The lowest BCUT2D eigenvalue weighted by Gasteiger charge is -2.31. The summed E-state index contributed by atoms with van der Waals surface area (Å²) in [6, 6.07) is 0.400. The van der Waals surface area contributed by atoms with Crippen LogP contribution < -0.4 is 10.6 Å². The van der Waals surface area contributed by atoms with Crippen molar-refractivity contribution < 1.29 is 4.79 Å². The minimum Gasteiger partial charge on any atom is -0.352 e. The number of nitrogens with one attached hydrogen (secondary N) is 2. The molecule has 0 aromatic heterocycles. The Morgan fingerprint density at radius 2 is 2.19 bits per heavy atom. The third-order valence-electron chi connectivity index (χ3n) is 3.35. The van der Waals surface area contributed by atoms with E-state index in [1.807, 2.05) is 0 Å². The van der Waals surface area contributed by atoms with Crippen LogP contribution in [0.4, 0.5) is 0 Å². The van der Waals surface area contributed by atoms with Crippen molar-refractivity contribution in [1.82, 2.24) is 10.6 Å². The van der Waals surface area contributed by atoms with E-state index in [0.717, 1.165) is 6.42 Å². The van der Waals surface area contributed by atoms with Gasteiger partial charge in [0.15, 0.2) is 0 Å². The van der Waals surface area contributed by atoms with E-state index >= 15 is 0 Å². The van der Waals surface area contributed by atoms with Gasteiger partial charge in [0.25, 0.3) is 0 Å². The Kier molecular flexibility index (Phi) is 6.16. The van der Waals surface area contributed by atoms with Crippen LogP contribution in [-0.2, 0) is 4.79 Å². The largest absolute Gasteiger partial charge is 0.352 e. The number of carbonyl (C=O) groups is 1. The van der Waals surface area contributed by atoms with Crippen LogP contribution >= 0.6 is 0 Å². The van der Waals surface area contributed by atoms with Crippen LogP contribution in [0.15, 0.2) is 12.7 Å². The Hall–Kier alpha value is -0.830. The summed E-state index contributed by atoms with van der Waals surface area (Å²) in [6.45, 7) is 6.91. The van der Waals surface area contributed by atoms with Crippen molar-refractivity contribution >= 4 is 5.91 Å². The molecule has 0 bridgehead atoms. The van der Waals surface area contributed by atoms with Crippen molar-refractivity contribution in [3.8, 4) is 0 Å². The van der Waals surface area contributed by atoms with Gasteiger partial charge in [0.2, 0.25) is 5.91 Å². The van der Waals surface area contributed by atoms with E-state index in [0.29, 0.717) is 25.0 Å². The standard InChI is InChI=1S/C13H24N2O/c1-3-9-14-10-13(16)15-12-8-6-5-7-11(12)4-2/h3,11-12,14H,1,4-10H2,2H3,(H,15,16). The summed E-state index contributed by atoms with van der Waals surface area (Å²) in [6.07, 6.45) is 7.92. The Bertz CT molecular complexity index is 228. The molecule has 3 nitrogen and oxygen atoms in total. The van der Waals surface area contributed by atoms with Crippen molar-refractivity contribution in [2.75, 3.05) is 13.1 Å². The number of carbonyl (C=O) groups excluding carboxylic acids is 1. The lowest BCUT2D eigenvalue weighted by atomic mass is 9.83. The second kappa shape index (κ2) is 7.44. The SMILES string of the molecule is C=CCNCC(=O)NC1CCCCC1CC. The van der Waals surface area contributed by atoms with E-state index in [-0.39, 0.29) is 5.91 Å². The molecule has 0 aromatic carbocycles. The summed E-state index contributed by atoms with van der Waals surface area (Å²) in [5, 5.41) is 6.17. The highest BCUT2D eigenvalue weighted by Gasteiger charge is 2.24. The first kappa shape index (κ1) is 13.2. The molecule has 1 aliphatic rings. The smallest absolute Gasteiger partial charge is 0.234 e. The summed E-state index contributed by atoms with van der Waals surface area (Å²) >= 11 is 0. The van der Waals surface area contributed by atoms with Crippen LogP contribution in [0.2, 0.25) is 0 Å². The molecule has 0 heterocycles. The molecule has 2 atom stereocenters. The van der Waals surface area contributed by atoms with E-state index in [2.05, 4.69) is 24.1 Å². The number of rotatable bonds is 6. The van der Waals surface area contributed by atoms with Gasteiger partial charge in [0, 0.05) is 12.6 Å². The average Bonchev–Trinajstić information content (AvgIpc) is 2.30. The zero-order chi connectivity index (χ0) is 11.8. The van der Waals surface area contributed by atoms with Crippen LogP contribution in [0.5, 0.6) is 0 Å². The molecule has 0 spiro atoms. The topological polar surface area (TPSA) is 41.1 Å². The lowest BCUT2D eigenvalue weighted by Crippen LogP contribution is -2.45. The Labute approximate surface area is 98.7 Å². The van der Waals surface area contributed by atoms with Gasteiger partial charge in [-0.2, -0.15) is 0 Å². The monoisotopic (exact) mass is 224 g/mol. The maximum Gasteiger partial charge on any atom is 0.234 e. The quantitative estimate of drug-likeness (QED) is 0.534. The first-order valence-electron chi connectivity index (χ1n) is 6.39. The minimum atomic E-state index is 0.118. The van der Waals surface area contributed by atoms with Gasteiger partial charge in [-0.05, 0) is 18.8 Å². The van der Waals surface area contributed by atoms with Gasteiger partial charge < -0.3 is 10.6 Å². The number of hydrogen-bond acceptors (Lipinski definition) is 2. The van der Waals surface area contributed by atoms with Crippen molar-refractivity contribution in [2.45, 2.75) is 45.1 Å². The summed E-state index contributed by atoms with van der Waals surface area (Å²) < 4.78 is 0. The van der Waals surface area contributed by atoms with Gasteiger partial charge in [-0.3, -0.25) is 4.79 Å². The van der Waals surface area contributed by atoms with Gasteiger partial charge in [-0.25, -0.2) is 0 Å². The van der Waals surface area contributed by atoms with E-state index in [1.165, 1.54) is 25.7 Å². The van der Waals surface area contributed by atoms with Gasteiger partial charge in [-0.15, -0.1) is 6.58 Å². The molecule has 2 N–H and O–H groups in total. The van der Waals surface area contributed by atoms with Crippen molar-refractivity contribution in [2.24, 2.45) is 5.92 Å². The predicted octanol–water partition coefficient (Wildman–Crippen LogP) is 1.85. The molecule has 1 rings (SSSR count). The van der Waals surface area contributed by atoms with E-state index in [4.69, 9.17) is 0 Å². The van der Waals surface area contributed by atoms with Crippen molar-refractivity contribution in [3.05, 3.63) is 12.7 Å². The summed E-state index contributed by atoms with van der Waals surface area (Å²) in [4.78, 5) is 11.6. The maximum atomic E-state index is 11.6. The minimum absolute atomic E-state index is 0.118. The number of hydrogen-bond donors (Lipinski definition) is 2. The first-order chi connectivity index (χ1) is 7.77. The van der Waals surface area contributed by atoms with Crippen LogP contribution in [0.25, 0.3) is 0 Å². The molecule has 0 aromatic rings. The molecular formula is C13H24N2O. The number of amides is 1. The van der Waals surface area contributed by atoms with E-state index in [9.17, 15) is 4.79 Å². The summed E-state index contributed by atoms with van der Waals surface area (Å²) in [7, 11) is 0. The Morgan fingerprint density at radius 3 is 2.88 bits per heavy atom. The second-order valence-corrected chi connectivity index (χ2v) is 4.55. The maximum absolute atomic E-state index is 11.6.